The van der Waals surface area contributed by atoms with Gasteiger partial charge >= 0.3 is 6.18 Å². The number of alkyl halides is 3. The normalized spacial score (nSPS) is 11.2. The van der Waals surface area contributed by atoms with Crippen molar-refractivity contribution < 1.29 is 27.4 Å². The van der Waals surface area contributed by atoms with Crippen LogP contribution in [0.15, 0.2) is 42.6 Å². The predicted molar refractivity (Wildman–Crippen MR) is 99.6 cm³/mol. The standard InChI is InChI=1S/C19H18F3N5O3/c1-12-17(25-26-27(12)14-4-3-5-15(9-14)29-2)18(28)24-10-13-6-7-23-16(8-13)30-11-19(20,21)22/h3-9H,10-11H2,1-2H3,(H,24,28). The largest absolute Gasteiger partial charge is 0.497 e. The van der Waals surface area contributed by atoms with Gasteiger partial charge in [-0.1, -0.05) is 11.3 Å². The van der Waals surface area contributed by atoms with Gasteiger partial charge in [0.2, 0.25) is 5.88 Å². The van der Waals surface area contributed by atoms with Crippen LogP contribution in [0.1, 0.15) is 21.7 Å². The van der Waals surface area contributed by atoms with Gasteiger partial charge in [-0.25, -0.2) is 9.67 Å². The van der Waals surface area contributed by atoms with Crippen molar-refractivity contribution in [2.45, 2.75) is 19.6 Å². The Kier molecular flexibility index (Phi) is 6.19. The molecule has 0 aliphatic rings. The molecule has 11 heteroatoms. The molecular weight excluding hydrogens is 403 g/mol. The molecule has 0 spiro atoms. The Labute approximate surface area is 169 Å². The molecule has 0 unspecified atom stereocenters. The number of carbonyl (C=O) groups excluding carboxylic acids is 1. The van der Waals surface area contributed by atoms with Gasteiger partial charge < -0.3 is 14.8 Å². The van der Waals surface area contributed by atoms with Gasteiger partial charge in [-0.05, 0) is 30.7 Å². The van der Waals surface area contributed by atoms with E-state index in [4.69, 9.17) is 4.74 Å². The Bertz CT molecular complexity index is 1040. The lowest BCUT2D eigenvalue weighted by molar-refractivity contribution is -0.154. The van der Waals surface area contributed by atoms with E-state index in [1.54, 1.807) is 44.4 Å². The number of pyridine rings is 1. The summed E-state index contributed by atoms with van der Waals surface area (Å²) in [5, 5.41) is 10.6. The molecule has 0 aliphatic carbocycles. The van der Waals surface area contributed by atoms with Gasteiger partial charge in [-0.15, -0.1) is 5.10 Å². The fourth-order valence-corrected chi connectivity index (χ4v) is 2.59. The minimum Gasteiger partial charge on any atom is -0.497 e. The number of methoxy groups -OCH3 is 1. The average Bonchev–Trinajstić information content (AvgIpc) is 3.12. The number of nitrogens with zero attached hydrogens (tertiary/aromatic N) is 4. The van der Waals surface area contributed by atoms with Crippen LogP contribution in [0.2, 0.25) is 0 Å². The molecule has 0 radical (unpaired) electrons. The van der Waals surface area contributed by atoms with Crippen molar-refractivity contribution in [3.63, 3.8) is 0 Å². The van der Waals surface area contributed by atoms with E-state index in [1.165, 1.54) is 16.9 Å². The maximum Gasteiger partial charge on any atom is 0.422 e. The molecule has 0 atom stereocenters. The Morgan fingerprint density at radius 2 is 2.03 bits per heavy atom. The van der Waals surface area contributed by atoms with Crippen LogP contribution in [0.25, 0.3) is 5.69 Å². The maximum absolute atomic E-state index is 12.5. The van der Waals surface area contributed by atoms with Crippen molar-refractivity contribution in [3.05, 3.63) is 59.5 Å². The highest BCUT2D eigenvalue weighted by atomic mass is 19.4. The van der Waals surface area contributed by atoms with Gasteiger partial charge in [0.15, 0.2) is 12.3 Å². The first-order valence-electron chi connectivity index (χ1n) is 8.76. The number of nitrogens with one attached hydrogen (secondary N) is 1. The molecule has 1 aromatic carbocycles. The third kappa shape index (κ3) is 5.25. The summed E-state index contributed by atoms with van der Waals surface area (Å²) < 4.78 is 48.1. The predicted octanol–water partition coefficient (Wildman–Crippen LogP) is 2.85. The van der Waals surface area contributed by atoms with E-state index in [0.29, 0.717) is 22.7 Å². The summed E-state index contributed by atoms with van der Waals surface area (Å²) >= 11 is 0. The lowest BCUT2D eigenvalue weighted by Crippen LogP contribution is -2.24. The average molecular weight is 421 g/mol. The summed E-state index contributed by atoms with van der Waals surface area (Å²) in [4.78, 5) is 16.2. The van der Waals surface area contributed by atoms with Crippen molar-refractivity contribution in [2.75, 3.05) is 13.7 Å². The first-order valence-corrected chi connectivity index (χ1v) is 8.76. The topological polar surface area (TPSA) is 91.2 Å². The van der Waals surface area contributed by atoms with Gasteiger partial charge in [0.05, 0.1) is 18.5 Å². The smallest absolute Gasteiger partial charge is 0.422 e. The fourth-order valence-electron chi connectivity index (χ4n) is 2.59. The van der Waals surface area contributed by atoms with E-state index in [0.717, 1.165) is 0 Å². The molecule has 0 fully saturated rings. The third-order valence-electron chi connectivity index (χ3n) is 4.04. The number of amides is 1. The lowest BCUT2D eigenvalue weighted by atomic mass is 10.2. The van der Waals surface area contributed by atoms with Crippen LogP contribution < -0.4 is 14.8 Å². The summed E-state index contributed by atoms with van der Waals surface area (Å²) in [6, 6.07) is 10.0. The summed E-state index contributed by atoms with van der Waals surface area (Å²) in [5.74, 6) is -0.0231. The highest BCUT2D eigenvalue weighted by Crippen LogP contribution is 2.19. The van der Waals surface area contributed by atoms with E-state index in [1.807, 2.05) is 0 Å². The van der Waals surface area contributed by atoms with Crippen molar-refractivity contribution in [1.82, 2.24) is 25.3 Å². The second kappa shape index (κ2) is 8.80. The minimum atomic E-state index is -4.46. The molecule has 2 heterocycles. The van der Waals surface area contributed by atoms with Crippen molar-refractivity contribution in [2.24, 2.45) is 0 Å². The highest BCUT2D eigenvalue weighted by Gasteiger charge is 2.28. The van der Waals surface area contributed by atoms with Crippen molar-refractivity contribution in [3.8, 4) is 17.3 Å². The van der Waals surface area contributed by atoms with Crippen LogP contribution in [0.5, 0.6) is 11.6 Å². The van der Waals surface area contributed by atoms with E-state index in [9.17, 15) is 18.0 Å². The molecule has 1 amide bonds. The summed E-state index contributed by atoms with van der Waals surface area (Å²) in [7, 11) is 1.55. The van der Waals surface area contributed by atoms with Gasteiger partial charge in [0.1, 0.15) is 5.75 Å². The zero-order valence-corrected chi connectivity index (χ0v) is 16.1. The summed E-state index contributed by atoms with van der Waals surface area (Å²) in [5.41, 5.74) is 1.84. The van der Waals surface area contributed by atoms with Crippen LogP contribution in [0, 0.1) is 6.92 Å². The number of hydrogen-bond acceptors (Lipinski definition) is 6. The van der Waals surface area contributed by atoms with E-state index >= 15 is 0 Å². The van der Waals surface area contributed by atoms with Crippen LogP contribution in [-0.2, 0) is 6.54 Å². The van der Waals surface area contributed by atoms with E-state index in [-0.39, 0.29) is 18.1 Å². The number of rotatable bonds is 7. The Morgan fingerprint density at radius 3 is 2.77 bits per heavy atom. The number of hydrogen-bond donors (Lipinski definition) is 1. The quantitative estimate of drug-likeness (QED) is 0.631. The molecule has 3 rings (SSSR count). The van der Waals surface area contributed by atoms with Crippen LogP contribution in [0.4, 0.5) is 13.2 Å². The molecule has 0 saturated heterocycles. The molecule has 3 aromatic rings. The maximum atomic E-state index is 12.5. The molecule has 0 saturated carbocycles. The molecule has 0 bridgehead atoms. The van der Waals surface area contributed by atoms with Gasteiger partial charge in [0.25, 0.3) is 5.91 Å². The molecule has 2 aromatic heterocycles. The Hall–Kier alpha value is -3.63. The van der Waals surface area contributed by atoms with E-state index in [2.05, 4.69) is 25.3 Å². The SMILES string of the molecule is COc1cccc(-n2nnc(C(=O)NCc3ccnc(OCC(F)(F)F)c3)c2C)c1. The molecule has 8 nitrogen and oxygen atoms in total. The first kappa shape index (κ1) is 21.1. The fraction of sp³-hybridized carbons (Fsp3) is 0.263. The second-order valence-electron chi connectivity index (χ2n) is 6.23. The van der Waals surface area contributed by atoms with Gasteiger partial charge in [-0.3, -0.25) is 4.79 Å². The van der Waals surface area contributed by atoms with Crippen molar-refractivity contribution in [1.29, 1.82) is 0 Å². The monoisotopic (exact) mass is 421 g/mol. The lowest BCUT2D eigenvalue weighted by Gasteiger charge is -2.09. The van der Waals surface area contributed by atoms with Crippen LogP contribution >= 0.6 is 0 Å². The summed E-state index contributed by atoms with van der Waals surface area (Å²) in [6.07, 6.45) is -3.16. The third-order valence-corrected chi connectivity index (χ3v) is 4.04. The number of ether oxygens (including phenoxy) is 2. The summed E-state index contributed by atoms with van der Waals surface area (Å²) in [6.45, 7) is 0.307. The van der Waals surface area contributed by atoms with Crippen LogP contribution in [0.3, 0.4) is 0 Å². The van der Waals surface area contributed by atoms with Crippen LogP contribution in [-0.4, -0.2) is 45.8 Å². The van der Waals surface area contributed by atoms with Gasteiger partial charge in [0, 0.05) is 24.9 Å². The Balaban J connectivity index is 1.67. The first-order chi connectivity index (χ1) is 14.3. The number of aromatic nitrogens is 4. The minimum absolute atomic E-state index is 0.0508. The molecule has 0 aliphatic heterocycles. The number of carbonyl (C=O) groups is 1. The molecular formula is C19H18F3N5O3. The molecule has 30 heavy (non-hydrogen) atoms. The van der Waals surface area contributed by atoms with E-state index < -0.39 is 18.7 Å². The number of halogens is 3. The Morgan fingerprint density at radius 1 is 1.23 bits per heavy atom. The second-order valence-corrected chi connectivity index (χ2v) is 6.23. The highest BCUT2D eigenvalue weighted by molar-refractivity contribution is 5.93. The molecule has 1 N–H and O–H groups in total. The number of benzene rings is 1. The zero-order valence-electron chi connectivity index (χ0n) is 16.1. The van der Waals surface area contributed by atoms with Crippen molar-refractivity contribution >= 4 is 5.91 Å². The van der Waals surface area contributed by atoms with Gasteiger partial charge in [-0.2, -0.15) is 13.2 Å². The molecule has 158 valence electrons. The zero-order chi connectivity index (χ0) is 21.7.